The molecule has 0 amide bonds. The van der Waals surface area contributed by atoms with Gasteiger partial charge in [-0.05, 0) is 82.0 Å². The Morgan fingerprint density at radius 2 is 1.26 bits per heavy atom. The summed E-state index contributed by atoms with van der Waals surface area (Å²) in [6.45, 7) is 11.2. The minimum atomic E-state index is 0.0688. The summed E-state index contributed by atoms with van der Waals surface area (Å²) in [4.78, 5) is 5.06. The van der Waals surface area contributed by atoms with Crippen molar-refractivity contribution in [2.45, 2.75) is 33.5 Å². The van der Waals surface area contributed by atoms with E-state index in [1.54, 1.807) is 0 Å². The van der Waals surface area contributed by atoms with Crippen LogP contribution in [0, 0.1) is 0 Å². The van der Waals surface area contributed by atoms with Gasteiger partial charge in [0, 0.05) is 12.2 Å². The number of hydrogen-bond acceptors (Lipinski definition) is 2. The number of unbranched alkanes of at least 4 members (excludes halogenated alkanes) is 1. The molecule has 0 aliphatic heterocycles. The van der Waals surface area contributed by atoms with Crippen molar-refractivity contribution < 1.29 is 4.65 Å². The van der Waals surface area contributed by atoms with E-state index in [4.69, 9.17) is 9.64 Å². The molecule has 1 aromatic heterocycles. The molecule has 2 nitrogen and oxygen atoms in total. The van der Waals surface area contributed by atoms with E-state index < -0.39 is 0 Å². The lowest BCUT2D eigenvalue weighted by Crippen LogP contribution is -2.30. The maximum absolute atomic E-state index is 5.84. The van der Waals surface area contributed by atoms with Crippen molar-refractivity contribution in [3.05, 3.63) is 140 Å². The first-order valence-corrected chi connectivity index (χ1v) is 14.9. The highest BCUT2D eigenvalue weighted by atomic mass is 16.4. The fraction of sp³-hybridized carbons (Fsp3) is 0.154. The van der Waals surface area contributed by atoms with Crippen LogP contribution in [0.25, 0.3) is 50.2 Å². The minimum absolute atomic E-state index is 0.0688. The summed E-state index contributed by atoms with van der Waals surface area (Å²) < 4.78 is 5.84. The van der Waals surface area contributed by atoms with Crippen molar-refractivity contribution in [1.29, 1.82) is 0 Å². The molecule has 0 spiro atoms. The van der Waals surface area contributed by atoms with Crippen LogP contribution in [-0.4, -0.2) is 18.5 Å². The van der Waals surface area contributed by atoms with Gasteiger partial charge in [0.1, 0.15) is 0 Å². The second kappa shape index (κ2) is 13.9. The Labute approximate surface area is 251 Å². The molecule has 0 saturated carbocycles. The molecule has 5 aromatic rings. The maximum atomic E-state index is 5.84. The Balaban J connectivity index is 1.55. The lowest BCUT2D eigenvalue weighted by atomic mass is 9.63. The maximum Gasteiger partial charge on any atom is 0.323 e. The Morgan fingerprint density at radius 1 is 0.690 bits per heavy atom. The predicted molar refractivity (Wildman–Crippen MR) is 182 cm³/mol. The SMILES string of the molecule is C=C/C(=C\CCC)c1cc(-c2cccc(-c3cccc(-c4cccc(B(C)OCC)c4)c3)c2)cc(-c2ccccc2)n1. The number of nitrogens with zero attached hydrogens (tertiary/aromatic N) is 1. The number of hydrogen-bond donors (Lipinski definition) is 0. The van der Waals surface area contributed by atoms with Gasteiger partial charge >= 0.3 is 6.92 Å². The van der Waals surface area contributed by atoms with E-state index in [0.29, 0.717) is 6.61 Å². The monoisotopic (exact) mass is 547 g/mol. The van der Waals surface area contributed by atoms with Crippen molar-refractivity contribution >= 4 is 18.0 Å². The molecular weight excluding hydrogens is 509 g/mol. The van der Waals surface area contributed by atoms with Crippen LogP contribution in [0.4, 0.5) is 0 Å². The van der Waals surface area contributed by atoms with Crippen LogP contribution in [0.1, 0.15) is 32.4 Å². The molecule has 0 bridgehead atoms. The normalized spacial score (nSPS) is 11.4. The molecule has 1 heterocycles. The van der Waals surface area contributed by atoms with Gasteiger partial charge < -0.3 is 4.65 Å². The van der Waals surface area contributed by atoms with E-state index in [-0.39, 0.29) is 6.92 Å². The van der Waals surface area contributed by atoms with Crippen LogP contribution in [-0.2, 0) is 4.65 Å². The van der Waals surface area contributed by atoms with E-state index in [0.717, 1.165) is 46.5 Å². The average molecular weight is 548 g/mol. The highest BCUT2D eigenvalue weighted by Gasteiger charge is 2.13. The fourth-order valence-corrected chi connectivity index (χ4v) is 5.27. The lowest BCUT2D eigenvalue weighted by Gasteiger charge is -2.13. The minimum Gasteiger partial charge on any atom is -0.431 e. The zero-order valence-electron chi connectivity index (χ0n) is 24.9. The highest BCUT2D eigenvalue weighted by molar-refractivity contribution is 6.66. The zero-order chi connectivity index (χ0) is 29.3. The molecule has 0 fully saturated rings. The molecular formula is C39H38BNO. The third-order valence-corrected chi connectivity index (χ3v) is 7.56. The van der Waals surface area contributed by atoms with Gasteiger partial charge in [-0.1, -0.05) is 130 Å². The molecule has 0 radical (unpaired) electrons. The van der Waals surface area contributed by atoms with Crippen LogP contribution in [0.15, 0.2) is 134 Å². The standard InChI is InChI=1S/C39H38BNO/c1-5-8-15-29(6-2)38-27-36(28-39(41-38)30-16-10-9-11-17-30)34-21-13-19-32(25-34)31-18-12-20-33(24-31)35-22-14-23-37(26-35)40(4)42-7-3/h6,9-28H,2,5,7-8H2,1,3-4H3/b29-15+. The first kappa shape index (κ1) is 29.0. The van der Waals surface area contributed by atoms with Gasteiger partial charge in [0.05, 0.1) is 11.4 Å². The summed E-state index contributed by atoms with van der Waals surface area (Å²) >= 11 is 0. The highest BCUT2D eigenvalue weighted by Crippen LogP contribution is 2.33. The number of rotatable bonds is 11. The third-order valence-electron chi connectivity index (χ3n) is 7.56. The van der Waals surface area contributed by atoms with Crippen LogP contribution < -0.4 is 5.46 Å². The molecule has 0 atom stereocenters. The third kappa shape index (κ3) is 6.87. The summed E-state index contributed by atoms with van der Waals surface area (Å²) in [5.41, 5.74) is 12.3. The van der Waals surface area contributed by atoms with Crippen molar-refractivity contribution in [2.75, 3.05) is 6.61 Å². The van der Waals surface area contributed by atoms with E-state index in [1.165, 1.54) is 27.7 Å². The molecule has 208 valence electrons. The van der Waals surface area contributed by atoms with Crippen molar-refractivity contribution in [3.63, 3.8) is 0 Å². The second-order valence-corrected chi connectivity index (χ2v) is 10.5. The van der Waals surface area contributed by atoms with E-state index >= 15 is 0 Å². The summed E-state index contributed by atoms with van der Waals surface area (Å²) in [7, 11) is 0. The molecule has 0 aliphatic rings. The van der Waals surface area contributed by atoms with Gasteiger partial charge in [-0.3, -0.25) is 0 Å². The second-order valence-electron chi connectivity index (χ2n) is 10.5. The zero-order valence-corrected chi connectivity index (χ0v) is 24.9. The Morgan fingerprint density at radius 3 is 1.86 bits per heavy atom. The van der Waals surface area contributed by atoms with Gasteiger partial charge in [-0.25, -0.2) is 4.98 Å². The molecule has 0 saturated heterocycles. The number of benzene rings is 4. The quantitative estimate of drug-likeness (QED) is 0.121. The van der Waals surface area contributed by atoms with Crippen LogP contribution in [0.2, 0.25) is 6.82 Å². The van der Waals surface area contributed by atoms with Gasteiger partial charge in [-0.15, -0.1) is 0 Å². The fourth-order valence-electron chi connectivity index (χ4n) is 5.27. The molecule has 0 N–H and O–H groups in total. The summed E-state index contributed by atoms with van der Waals surface area (Å²) in [5.74, 6) is 0. The largest absolute Gasteiger partial charge is 0.431 e. The summed E-state index contributed by atoms with van der Waals surface area (Å²) in [6.07, 6.45) is 6.23. The molecule has 5 rings (SSSR count). The van der Waals surface area contributed by atoms with Crippen LogP contribution in [0.5, 0.6) is 0 Å². The summed E-state index contributed by atoms with van der Waals surface area (Å²) in [5, 5.41) is 0. The van der Waals surface area contributed by atoms with E-state index in [9.17, 15) is 0 Å². The molecule has 42 heavy (non-hydrogen) atoms. The van der Waals surface area contributed by atoms with E-state index in [2.05, 4.69) is 136 Å². The average Bonchev–Trinajstić information content (AvgIpc) is 3.06. The Kier molecular flexibility index (Phi) is 9.64. The number of allylic oxidation sites excluding steroid dienone is 3. The Hall–Kier alpha value is -4.47. The summed E-state index contributed by atoms with van der Waals surface area (Å²) in [6, 6.07) is 41.0. The Bertz CT molecular complexity index is 1690. The molecule has 3 heteroatoms. The molecule has 0 unspecified atom stereocenters. The molecule has 4 aromatic carbocycles. The van der Waals surface area contributed by atoms with Gasteiger partial charge in [0.15, 0.2) is 0 Å². The lowest BCUT2D eigenvalue weighted by molar-refractivity contribution is 0.354. The first-order chi connectivity index (χ1) is 20.6. The smallest absolute Gasteiger partial charge is 0.323 e. The van der Waals surface area contributed by atoms with Crippen LogP contribution >= 0.6 is 0 Å². The van der Waals surface area contributed by atoms with Gasteiger partial charge in [0.2, 0.25) is 0 Å². The van der Waals surface area contributed by atoms with Crippen molar-refractivity contribution in [2.24, 2.45) is 0 Å². The number of aromatic nitrogens is 1. The molecule has 0 aliphatic carbocycles. The first-order valence-electron chi connectivity index (χ1n) is 14.9. The van der Waals surface area contributed by atoms with Crippen molar-refractivity contribution in [3.8, 4) is 44.6 Å². The topological polar surface area (TPSA) is 22.1 Å². The van der Waals surface area contributed by atoms with Gasteiger partial charge in [0.25, 0.3) is 0 Å². The van der Waals surface area contributed by atoms with Crippen molar-refractivity contribution in [1.82, 2.24) is 4.98 Å². The number of pyridine rings is 1. The van der Waals surface area contributed by atoms with E-state index in [1.807, 2.05) is 19.1 Å². The van der Waals surface area contributed by atoms with Gasteiger partial charge in [-0.2, -0.15) is 0 Å². The predicted octanol–water partition coefficient (Wildman–Crippen LogP) is 9.98. The van der Waals surface area contributed by atoms with Crippen LogP contribution in [0.3, 0.4) is 0 Å².